The molecule has 0 saturated heterocycles. The molecule has 0 radical (unpaired) electrons. The molecular formula is C91H148O17P2. The average Bonchev–Trinajstić information content (AvgIpc) is 0.942. The number of aliphatic hydroxyl groups is 1. The van der Waals surface area contributed by atoms with E-state index in [-0.39, 0.29) is 25.7 Å². The van der Waals surface area contributed by atoms with E-state index in [0.29, 0.717) is 32.1 Å². The molecule has 0 heterocycles. The van der Waals surface area contributed by atoms with Gasteiger partial charge in [0.15, 0.2) is 12.2 Å². The molecule has 0 rings (SSSR count). The maximum absolute atomic E-state index is 13.1. The first-order chi connectivity index (χ1) is 53.7. The Kier molecular flexibility index (Phi) is 76.9. The fraction of sp³-hybridized carbons (Fsp3) is 0.626. The number of unbranched alkanes of at least 4 members (excludes halogenated alkanes) is 21. The Morgan fingerprint density at radius 2 is 0.491 bits per heavy atom. The third kappa shape index (κ3) is 80.2. The molecule has 0 aromatic carbocycles. The Bertz CT molecular complexity index is 2800. The van der Waals surface area contributed by atoms with Gasteiger partial charge in [0.1, 0.15) is 19.3 Å². The molecule has 0 aliphatic rings. The predicted molar refractivity (Wildman–Crippen MR) is 454 cm³/mol. The second-order valence-corrected chi connectivity index (χ2v) is 30.2. The summed E-state index contributed by atoms with van der Waals surface area (Å²) in [5, 5.41) is 10.7. The number of phosphoric acid groups is 2. The average molecular weight is 1580 g/mol. The highest BCUT2D eigenvalue weighted by atomic mass is 31.2. The molecule has 0 amide bonds. The van der Waals surface area contributed by atoms with Crippen LogP contribution in [0.25, 0.3) is 0 Å². The van der Waals surface area contributed by atoms with Gasteiger partial charge in [-0.15, -0.1) is 0 Å². The largest absolute Gasteiger partial charge is 0.472 e. The summed E-state index contributed by atoms with van der Waals surface area (Å²) in [7, 11) is -10.0. The summed E-state index contributed by atoms with van der Waals surface area (Å²) in [6.45, 7) is 4.46. The molecular weight excluding hydrogens is 1430 g/mol. The van der Waals surface area contributed by atoms with Gasteiger partial charge in [0.25, 0.3) is 0 Å². The standard InChI is InChI=1S/C91H148O17P2/c1-5-9-13-17-21-25-29-33-36-39-42-45-48-52-55-59-63-67-71-75-88(93)101-81-86(107-90(95)77-73-69-65-61-57-51-32-28-24-20-16-12-8-4)83-105-109(97,98)103-79-85(92)80-104-110(99,100)106-84-87(108-91(96)78-74-70-66-62-58-54-50-47-44-41-38-35-31-27-23-19-15-11-7-3)82-102-89(94)76-72-68-64-60-56-53-49-46-43-40-37-34-30-26-22-18-14-10-6-2/h9-10,13-14,21-23,25-28,32-38,42-47,52-53,55-56,63,67,85-87,92H,5-8,11-12,15-20,24,29-31,39-41,48-51,54,57-62,64-66,68-84H2,1-4H3,(H,97,98)(H,99,100)/b13-9-,14-10-,25-21-,26-22-,27-23-,32-28-,36-33-,37-34-,38-35-,45-42-,46-43-,47-44-,55-52-,56-53-,67-63-. The lowest BCUT2D eigenvalue weighted by atomic mass is 10.1. The number of rotatable bonds is 77. The molecule has 3 N–H and O–H groups in total. The van der Waals surface area contributed by atoms with Gasteiger partial charge in [0.05, 0.1) is 26.4 Å². The third-order valence-electron chi connectivity index (χ3n) is 16.8. The van der Waals surface area contributed by atoms with E-state index in [1.807, 2.05) is 18.2 Å². The van der Waals surface area contributed by atoms with E-state index in [9.17, 15) is 43.2 Å². The van der Waals surface area contributed by atoms with Gasteiger partial charge < -0.3 is 33.8 Å². The number of carbonyl (C=O) groups is 4. The van der Waals surface area contributed by atoms with Crippen molar-refractivity contribution in [3.63, 3.8) is 0 Å². The Balaban J connectivity index is 5.49. The van der Waals surface area contributed by atoms with Crippen molar-refractivity contribution in [2.24, 2.45) is 0 Å². The molecule has 5 unspecified atom stereocenters. The number of ether oxygens (including phenoxy) is 4. The van der Waals surface area contributed by atoms with E-state index in [1.54, 1.807) is 0 Å². The second kappa shape index (κ2) is 81.2. The van der Waals surface area contributed by atoms with Crippen molar-refractivity contribution >= 4 is 39.5 Å². The molecule has 0 aliphatic carbocycles. The summed E-state index contributed by atoms with van der Waals surface area (Å²) >= 11 is 0. The van der Waals surface area contributed by atoms with Gasteiger partial charge >= 0.3 is 39.5 Å². The summed E-state index contributed by atoms with van der Waals surface area (Å²) in [6, 6.07) is 0. The van der Waals surface area contributed by atoms with Gasteiger partial charge in [0, 0.05) is 25.7 Å². The quantitative estimate of drug-likeness (QED) is 0.0169. The van der Waals surface area contributed by atoms with Crippen LogP contribution in [-0.2, 0) is 65.4 Å². The number of esters is 4. The van der Waals surface area contributed by atoms with Crippen LogP contribution in [0.5, 0.6) is 0 Å². The van der Waals surface area contributed by atoms with Crippen molar-refractivity contribution in [1.82, 2.24) is 0 Å². The number of hydrogen-bond acceptors (Lipinski definition) is 15. The zero-order valence-electron chi connectivity index (χ0n) is 68.4. The normalized spacial score (nSPS) is 14.7. The Morgan fingerprint density at radius 1 is 0.264 bits per heavy atom. The lowest BCUT2D eigenvalue weighted by Crippen LogP contribution is -2.30. The van der Waals surface area contributed by atoms with Crippen LogP contribution in [0, 0.1) is 0 Å². The van der Waals surface area contributed by atoms with E-state index in [1.165, 1.54) is 44.9 Å². The Morgan fingerprint density at radius 3 is 0.818 bits per heavy atom. The van der Waals surface area contributed by atoms with Gasteiger partial charge in [-0.25, -0.2) is 9.13 Å². The second-order valence-electron chi connectivity index (χ2n) is 27.3. The molecule has 17 nitrogen and oxygen atoms in total. The molecule has 0 spiro atoms. The van der Waals surface area contributed by atoms with E-state index < -0.39 is 97.5 Å². The first-order valence-electron chi connectivity index (χ1n) is 42.0. The summed E-state index contributed by atoms with van der Waals surface area (Å²) < 4.78 is 68.6. The van der Waals surface area contributed by atoms with Gasteiger partial charge in [-0.2, -0.15) is 0 Å². The molecule has 0 aromatic heterocycles. The molecule has 0 saturated carbocycles. The van der Waals surface area contributed by atoms with Crippen molar-refractivity contribution in [3.05, 3.63) is 182 Å². The number of aliphatic hydroxyl groups excluding tert-OH is 1. The maximum Gasteiger partial charge on any atom is 0.472 e. The molecule has 0 fully saturated rings. The van der Waals surface area contributed by atoms with Crippen LogP contribution >= 0.6 is 15.6 Å². The molecule has 110 heavy (non-hydrogen) atoms. The van der Waals surface area contributed by atoms with Gasteiger partial charge in [-0.05, 0) is 173 Å². The summed E-state index contributed by atoms with van der Waals surface area (Å²) in [5.41, 5.74) is 0. The van der Waals surface area contributed by atoms with E-state index in [2.05, 4.69) is 192 Å². The fourth-order valence-corrected chi connectivity index (χ4v) is 12.1. The third-order valence-corrected chi connectivity index (χ3v) is 18.7. The molecule has 19 heteroatoms. The lowest BCUT2D eigenvalue weighted by molar-refractivity contribution is -0.161. The number of hydrogen-bond donors (Lipinski definition) is 3. The zero-order chi connectivity index (χ0) is 80.3. The van der Waals surface area contributed by atoms with Crippen molar-refractivity contribution in [2.75, 3.05) is 39.6 Å². The summed E-state index contributed by atoms with van der Waals surface area (Å²) in [6.07, 6.45) is 98.7. The maximum atomic E-state index is 13.1. The van der Waals surface area contributed by atoms with Crippen LogP contribution in [-0.4, -0.2) is 96.7 Å². The van der Waals surface area contributed by atoms with Crippen molar-refractivity contribution in [1.29, 1.82) is 0 Å². The SMILES string of the molecule is CC/C=C\C/C=C\C/C=C\C/C=C\C/C=C\C/C=C\CCC(=O)OCC(COP(=O)(O)OCC(O)COP(=O)(O)OCC(COC(=O)CCCCC/C=C\C/C=C\C/C=C\C/C=C\C/C=C\CC)OC(=O)CCCCCCCC/C=C\C/C=C\C/C=C\CCCCC)OC(=O)CCCCCCC/C=C\CCCCCC. The van der Waals surface area contributed by atoms with Crippen LogP contribution in [0.4, 0.5) is 0 Å². The minimum absolute atomic E-state index is 0.0283. The monoisotopic (exact) mass is 1580 g/mol. The number of carbonyl (C=O) groups excluding carboxylic acids is 4. The lowest BCUT2D eigenvalue weighted by Gasteiger charge is -2.21. The molecule has 0 bridgehead atoms. The predicted octanol–water partition coefficient (Wildman–Crippen LogP) is 25.1. The number of allylic oxidation sites excluding steroid dienone is 30. The highest BCUT2D eigenvalue weighted by molar-refractivity contribution is 7.47. The van der Waals surface area contributed by atoms with Crippen LogP contribution in [0.3, 0.4) is 0 Å². The van der Waals surface area contributed by atoms with Crippen LogP contribution in [0.15, 0.2) is 182 Å². The van der Waals surface area contributed by atoms with Crippen LogP contribution in [0.1, 0.15) is 310 Å². The van der Waals surface area contributed by atoms with Gasteiger partial charge in [-0.3, -0.25) is 37.3 Å². The van der Waals surface area contributed by atoms with Crippen molar-refractivity contribution < 1.29 is 80.2 Å². The fourth-order valence-electron chi connectivity index (χ4n) is 10.5. The summed E-state index contributed by atoms with van der Waals surface area (Å²) in [4.78, 5) is 73.2. The van der Waals surface area contributed by atoms with Crippen molar-refractivity contribution in [3.8, 4) is 0 Å². The topological polar surface area (TPSA) is 237 Å². The van der Waals surface area contributed by atoms with Gasteiger partial charge in [-0.1, -0.05) is 293 Å². The Labute approximate surface area is 666 Å². The first kappa shape index (κ1) is 104. The highest BCUT2D eigenvalue weighted by Gasteiger charge is 2.30. The van der Waals surface area contributed by atoms with Crippen LogP contribution in [0.2, 0.25) is 0 Å². The smallest absolute Gasteiger partial charge is 0.462 e. The molecule has 624 valence electrons. The van der Waals surface area contributed by atoms with Crippen LogP contribution < -0.4 is 0 Å². The van der Waals surface area contributed by atoms with Crippen molar-refractivity contribution in [2.45, 2.75) is 329 Å². The zero-order valence-corrected chi connectivity index (χ0v) is 70.1. The van der Waals surface area contributed by atoms with E-state index in [4.69, 9.17) is 37.0 Å². The molecule has 0 aromatic rings. The van der Waals surface area contributed by atoms with E-state index in [0.717, 1.165) is 180 Å². The molecule has 5 atom stereocenters. The molecule has 0 aliphatic heterocycles. The Hall–Kier alpha value is -5.84. The summed E-state index contributed by atoms with van der Waals surface area (Å²) in [5.74, 6) is -2.34. The minimum Gasteiger partial charge on any atom is -0.462 e. The van der Waals surface area contributed by atoms with Gasteiger partial charge in [0.2, 0.25) is 0 Å². The first-order valence-corrected chi connectivity index (χ1v) is 45.0. The number of phosphoric ester groups is 2. The minimum atomic E-state index is -5.01. The van der Waals surface area contributed by atoms with E-state index >= 15 is 0 Å². The highest BCUT2D eigenvalue weighted by Crippen LogP contribution is 2.45.